The van der Waals surface area contributed by atoms with E-state index in [-0.39, 0.29) is 18.5 Å². The van der Waals surface area contributed by atoms with Crippen LogP contribution in [0.4, 0.5) is 5.69 Å². The first-order chi connectivity index (χ1) is 12.6. The lowest BCUT2D eigenvalue weighted by molar-refractivity contribution is -0.115. The molecule has 3 nitrogen and oxygen atoms in total. The zero-order chi connectivity index (χ0) is 18.5. The molecule has 3 aromatic rings. The van der Waals surface area contributed by atoms with Crippen LogP contribution in [-0.2, 0) is 4.79 Å². The van der Waals surface area contributed by atoms with Gasteiger partial charge in [-0.2, -0.15) is 0 Å². The molecule has 1 aromatic heterocycles. The zero-order valence-corrected chi connectivity index (χ0v) is 16.5. The van der Waals surface area contributed by atoms with E-state index in [1.807, 2.05) is 54.8 Å². The predicted octanol–water partition coefficient (Wildman–Crippen LogP) is 5.68. The molecule has 0 fully saturated rings. The minimum Gasteiger partial charge on any atom is -0.322 e. The molecule has 0 bridgehead atoms. The topological polar surface area (TPSA) is 41.1 Å². The number of anilines is 1. The van der Waals surface area contributed by atoms with Crippen LogP contribution in [0.1, 0.15) is 22.0 Å². The van der Waals surface area contributed by atoms with Crippen LogP contribution in [0.5, 0.6) is 0 Å². The molecule has 1 atom stereocenters. The van der Waals surface area contributed by atoms with E-state index in [0.29, 0.717) is 15.7 Å². The van der Waals surface area contributed by atoms with Crippen molar-refractivity contribution in [1.29, 1.82) is 0 Å². The summed E-state index contributed by atoms with van der Waals surface area (Å²) in [4.78, 5) is 13.6. The quantitative estimate of drug-likeness (QED) is 0.554. The maximum Gasteiger partial charge on any atom is 0.238 e. The summed E-state index contributed by atoms with van der Waals surface area (Å²) in [6, 6.07) is 17.6. The maximum absolute atomic E-state index is 12.4. The number of carbonyl (C=O) groups is 1. The van der Waals surface area contributed by atoms with Gasteiger partial charge in [-0.05, 0) is 35.6 Å². The number of hydrogen-bond acceptors (Lipinski definition) is 3. The highest BCUT2D eigenvalue weighted by atomic mass is 35.5. The van der Waals surface area contributed by atoms with Gasteiger partial charge in [0.25, 0.3) is 0 Å². The van der Waals surface area contributed by atoms with Gasteiger partial charge in [0.15, 0.2) is 0 Å². The van der Waals surface area contributed by atoms with Crippen molar-refractivity contribution in [2.24, 2.45) is 0 Å². The van der Waals surface area contributed by atoms with Gasteiger partial charge in [-0.25, -0.2) is 0 Å². The number of halogens is 2. The average Bonchev–Trinajstić information content (AvgIpc) is 3.17. The first-order valence-corrected chi connectivity index (χ1v) is 9.76. The van der Waals surface area contributed by atoms with E-state index in [4.69, 9.17) is 23.2 Å². The lowest BCUT2D eigenvalue weighted by Crippen LogP contribution is -2.31. The predicted molar refractivity (Wildman–Crippen MR) is 110 cm³/mol. The van der Waals surface area contributed by atoms with Crippen molar-refractivity contribution in [2.45, 2.75) is 13.0 Å². The minimum absolute atomic E-state index is 0.0506. The number of nitrogens with one attached hydrogen (secondary N) is 2. The molecule has 0 radical (unpaired) electrons. The van der Waals surface area contributed by atoms with Gasteiger partial charge < -0.3 is 5.32 Å². The third-order valence-electron chi connectivity index (χ3n) is 3.98. The van der Waals surface area contributed by atoms with Gasteiger partial charge in [-0.3, -0.25) is 10.1 Å². The third-order valence-corrected chi connectivity index (χ3v) is 5.72. The lowest BCUT2D eigenvalue weighted by atomic mass is 10.1. The monoisotopic (exact) mass is 404 g/mol. The van der Waals surface area contributed by atoms with Gasteiger partial charge in [-0.15, -0.1) is 11.3 Å². The Hall–Kier alpha value is -1.85. The van der Waals surface area contributed by atoms with E-state index in [1.54, 1.807) is 17.4 Å². The Kier molecular flexibility index (Phi) is 6.33. The van der Waals surface area contributed by atoms with E-state index in [1.165, 1.54) is 0 Å². The highest BCUT2D eigenvalue weighted by Gasteiger charge is 2.17. The summed E-state index contributed by atoms with van der Waals surface area (Å²) in [6.07, 6.45) is 0. The van der Waals surface area contributed by atoms with E-state index >= 15 is 0 Å². The Morgan fingerprint density at radius 2 is 1.85 bits per heavy atom. The SMILES string of the molecule is Cc1ccc(Cl)c(NC(=O)CN[C@H](c2ccccc2)c2cccs2)c1Cl. The molecule has 0 aliphatic carbocycles. The molecule has 2 N–H and O–H groups in total. The summed E-state index contributed by atoms with van der Waals surface area (Å²) in [7, 11) is 0. The van der Waals surface area contributed by atoms with Gasteiger partial charge in [0.1, 0.15) is 0 Å². The van der Waals surface area contributed by atoms with Crippen LogP contribution >= 0.6 is 34.5 Å². The molecule has 2 aromatic carbocycles. The molecule has 0 aliphatic heterocycles. The van der Waals surface area contributed by atoms with Crippen LogP contribution in [0.25, 0.3) is 0 Å². The van der Waals surface area contributed by atoms with Crippen molar-refractivity contribution >= 4 is 46.1 Å². The normalized spacial score (nSPS) is 12.0. The standard InChI is InChI=1S/C20H18Cl2N2OS/c1-13-9-10-15(21)20(18(13)22)24-17(25)12-23-19(16-8-5-11-26-16)14-6-3-2-4-7-14/h2-11,19,23H,12H2,1H3,(H,24,25)/t19-/m1/s1. The lowest BCUT2D eigenvalue weighted by Gasteiger charge is -2.18. The minimum atomic E-state index is -0.197. The van der Waals surface area contributed by atoms with Gasteiger partial charge in [0.05, 0.1) is 28.3 Å². The first kappa shape index (κ1) is 18.9. The zero-order valence-electron chi connectivity index (χ0n) is 14.1. The van der Waals surface area contributed by atoms with E-state index in [2.05, 4.69) is 16.7 Å². The van der Waals surface area contributed by atoms with E-state index < -0.39 is 0 Å². The molecule has 3 rings (SSSR count). The molecule has 0 saturated carbocycles. The smallest absolute Gasteiger partial charge is 0.238 e. The Bertz CT molecular complexity index is 882. The molecule has 0 spiro atoms. The first-order valence-electron chi connectivity index (χ1n) is 8.12. The van der Waals surface area contributed by atoms with Gasteiger partial charge in [-0.1, -0.05) is 65.7 Å². The van der Waals surface area contributed by atoms with Crippen LogP contribution in [-0.4, -0.2) is 12.5 Å². The van der Waals surface area contributed by atoms with Crippen molar-refractivity contribution in [1.82, 2.24) is 5.32 Å². The summed E-state index contributed by atoms with van der Waals surface area (Å²) in [5, 5.41) is 9.05. The largest absolute Gasteiger partial charge is 0.322 e. The second-order valence-electron chi connectivity index (χ2n) is 5.84. The highest BCUT2D eigenvalue weighted by molar-refractivity contribution is 7.10. The van der Waals surface area contributed by atoms with Crippen molar-refractivity contribution in [3.63, 3.8) is 0 Å². The van der Waals surface area contributed by atoms with E-state index in [9.17, 15) is 4.79 Å². The Labute approximate surface area is 167 Å². The van der Waals surface area contributed by atoms with Crippen molar-refractivity contribution in [2.75, 3.05) is 11.9 Å². The fourth-order valence-electron chi connectivity index (χ4n) is 2.63. The van der Waals surface area contributed by atoms with Crippen LogP contribution in [0.15, 0.2) is 60.0 Å². The summed E-state index contributed by atoms with van der Waals surface area (Å²) < 4.78 is 0. The van der Waals surface area contributed by atoms with E-state index in [0.717, 1.165) is 16.0 Å². The molecule has 1 heterocycles. The Morgan fingerprint density at radius 1 is 1.08 bits per heavy atom. The molecular formula is C20H18Cl2N2OS. The van der Waals surface area contributed by atoms with Crippen LogP contribution < -0.4 is 10.6 Å². The maximum atomic E-state index is 12.4. The number of aryl methyl sites for hydroxylation is 1. The molecule has 134 valence electrons. The average molecular weight is 405 g/mol. The van der Waals surface area contributed by atoms with Gasteiger partial charge >= 0.3 is 0 Å². The number of carbonyl (C=O) groups excluding carboxylic acids is 1. The summed E-state index contributed by atoms with van der Waals surface area (Å²) >= 11 is 14.1. The number of amides is 1. The third kappa shape index (κ3) is 4.46. The van der Waals surface area contributed by atoms with Gasteiger partial charge in [0, 0.05) is 4.88 Å². The molecule has 6 heteroatoms. The fraction of sp³-hybridized carbons (Fsp3) is 0.150. The molecule has 0 unspecified atom stereocenters. The Balaban J connectivity index is 1.72. The van der Waals surface area contributed by atoms with Crippen LogP contribution in [0.2, 0.25) is 10.0 Å². The summed E-state index contributed by atoms with van der Waals surface area (Å²) in [5.74, 6) is -0.197. The second-order valence-corrected chi connectivity index (χ2v) is 7.61. The summed E-state index contributed by atoms with van der Waals surface area (Å²) in [6.45, 7) is 2.01. The summed E-state index contributed by atoms with van der Waals surface area (Å²) in [5.41, 5.74) is 2.42. The molecule has 0 saturated heterocycles. The number of hydrogen-bond donors (Lipinski definition) is 2. The Morgan fingerprint density at radius 3 is 2.54 bits per heavy atom. The van der Waals surface area contributed by atoms with Crippen LogP contribution in [0, 0.1) is 6.92 Å². The molecule has 1 amide bonds. The second kappa shape index (κ2) is 8.69. The van der Waals surface area contributed by atoms with Crippen LogP contribution in [0.3, 0.4) is 0 Å². The number of thiophene rings is 1. The molecular weight excluding hydrogens is 387 g/mol. The van der Waals surface area contributed by atoms with Crippen molar-refractivity contribution in [3.8, 4) is 0 Å². The van der Waals surface area contributed by atoms with Crippen molar-refractivity contribution in [3.05, 3.63) is 86.0 Å². The molecule has 26 heavy (non-hydrogen) atoms. The number of rotatable bonds is 6. The molecule has 0 aliphatic rings. The highest BCUT2D eigenvalue weighted by Crippen LogP contribution is 2.33. The van der Waals surface area contributed by atoms with Gasteiger partial charge in [0.2, 0.25) is 5.91 Å². The van der Waals surface area contributed by atoms with Crippen molar-refractivity contribution < 1.29 is 4.79 Å². The number of benzene rings is 2. The fourth-order valence-corrected chi connectivity index (χ4v) is 3.93.